The van der Waals surface area contributed by atoms with Gasteiger partial charge in [0, 0.05) is 4.47 Å². The Hall–Kier alpha value is -0.560. The van der Waals surface area contributed by atoms with E-state index < -0.39 is 17.8 Å². The Morgan fingerprint density at radius 2 is 1.95 bits per heavy atom. The van der Waals surface area contributed by atoms with E-state index in [9.17, 15) is 18.3 Å². The third kappa shape index (κ3) is 3.13. The van der Waals surface area contributed by atoms with Crippen LogP contribution in [0.4, 0.5) is 13.2 Å². The molecule has 1 N–H and O–H groups in total. The van der Waals surface area contributed by atoms with E-state index in [-0.39, 0.29) is 10.6 Å². The molecule has 0 saturated heterocycles. The Morgan fingerprint density at radius 1 is 1.26 bits per heavy atom. The third-order valence-corrected chi connectivity index (χ3v) is 4.41. The van der Waals surface area contributed by atoms with Gasteiger partial charge in [-0.15, -0.1) is 11.3 Å². The number of thiophene rings is 1. The van der Waals surface area contributed by atoms with E-state index in [4.69, 9.17) is 11.6 Å². The van der Waals surface area contributed by atoms with E-state index in [2.05, 4.69) is 15.9 Å². The van der Waals surface area contributed by atoms with Crippen molar-refractivity contribution in [3.05, 3.63) is 55.1 Å². The molecule has 0 aliphatic carbocycles. The molecule has 1 nitrogen and oxygen atoms in total. The summed E-state index contributed by atoms with van der Waals surface area (Å²) in [6, 6.07) is 5.18. The summed E-state index contributed by atoms with van der Waals surface area (Å²) >= 11 is 9.95. The van der Waals surface area contributed by atoms with Gasteiger partial charge in [-0.1, -0.05) is 33.6 Å². The maximum absolute atomic E-state index is 13.0. The second kappa shape index (κ2) is 5.44. The van der Waals surface area contributed by atoms with Crippen LogP contribution in [-0.2, 0) is 6.18 Å². The zero-order valence-electron chi connectivity index (χ0n) is 9.21. The van der Waals surface area contributed by atoms with Crippen LogP contribution in [0.5, 0.6) is 0 Å². The first kappa shape index (κ1) is 14.8. The largest absolute Gasteiger partial charge is 0.416 e. The van der Waals surface area contributed by atoms with Gasteiger partial charge in [-0.2, -0.15) is 13.2 Å². The first-order chi connectivity index (χ1) is 8.80. The molecule has 102 valence electrons. The van der Waals surface area contributed by atoms with Crippen molar-refractivity contribution in [3.8, 4) is 0 Å². The Bertz CT molecular complexity index is 597. The summed E-state index contributed by atoms with van der Waals surface area (Å²) in [7, 11) is 0. The quantitative estimate of drug-likeness (QED) is 0.763. The molecule has 1 aromatic heterocycles. The van der Waals surface area contributed by atoms with Gasteiger partial charge >= 0.3 is 6.18 Å². The molecule has 7 heteroatoms. The summed E-state index contributed by atoms with van der Waals surface area (Å²) in [4.78, 5) is 0.300. The second-order valence-corrected chi connectivity index (χ2v) is 6.04. The molecule has 0 spiro atoms. The van der Waals surface area contributed by atoms with E-state index >= 15 is 0 Å². The fourth-order valence-corrected chi connectivity index (χ4v) is 3.18. The lowest BCUT2D eigenvalue weighted by Gasteiger charge is -2.17. The van der Waals surface area contributed by atoms with Gasteiger partial charge in [-0.3, -0.25) is 0 Å². The molecule has 0 radical (unpaired) electrons. The van der Waals surface area contributed by atoms with Crippen molar-refractivity contribution in [2.75, 3.05) is 0 Å². The highest BCUT2D eigenvalue weighted by Gasteiger charge is 2.36. The topological polar surface area (TPSA) is 20.2 Å². The molecular weight excluding hydrogens is 365 g/mol. The van der Waals surface area contributed by atoms with Crippen LogP contribution < -0.4 is 0 Å². The average molecular weight is 372 g/mol. The van der Waals surface area contributed by atoms with Crippen LogP contribution >= 0.6 is 38.9 Å². The molecule has 0 fully saturated rings. The van der Waals surface area contributed by atoms with Gasteiger partial charge < -0.3 is 5.11 Å². The first-order valence-electron chi connectivity index (χ1n) is 5.08. The van der Waals surface area contributed by atoms with Crippen molar-refractivity contribution in [2.45, 2.75) is 12.3 Å². The third-order valence-electron chi connectivity index (χ3n) is 2.51. The molecule has 0 bridgehead atoms. The summed E-state index contributed by atoms with van der Waals surface area (Å²) in [5.74, 6) is 0. The lowest BCUT2D eigenvalue weighted by molar-refractivity contribution is -0.139. The second-order valence-electron chi connectivity index (χ2n) is 3.76. The molecule has 2 rings (SSSR count). The fraction of sp³-hybridized carbons (Fsp3) is 0.167. The zero-order chi connectivity index (χ0) is 14.2. The molecular formula is C12H7BrClF3OS. The van der Waals surface area contributed by atoms with Gasteiger partial charge in [0.05, 0.1) is 15.5 Å². The van der Waals surface area contributed by atoms with Gasteiger partial charge in [0.2, 0.25) is 0 Å². The number of aliphatic hydroxyl groups excluding tert-OH is 1. The Labute approximate surface area is 124 Å². The monoisotopic (exact) mass is 370 g/mol. The first-order valence-corrected chi connectivity index (χ1v) is 7.13. The number of benzene rings is 1. The van der Waals surface area contributed by atoms with Crippen molar-refractivity contribution in [3.63, 3.8) is 0 Å². The number of rotatable bonds is 2. The minimum absolute atomic E-state index is 0.208. The van der Waals surface area contributed by atoms with Gasteiger partial charge in [-0.05, 0) is 29.1 Å². The molecule has 0 aliphatic heterocycles. The van der Waals surface area contributed by atoms with Crippen LogP contribution in [0.15, 0.2) is 34.1 Å². The number of alkyl halides is 3. The Morgan fingerprint density at radius 3 is 2.47 bits per heavy atom. The molecule has 0 aliphatic rings. The van der Waals surface area contributed by atoms with E-state index in [0.717, 1.165) is 17.4 Å². The molecule has 1 unspecified atom stereocenters. The van der Waals surface area contributed by atoms with Gasteiger partial charge in [0.1, 0.15) is 6.10 Å². The van der Waals surface area contributed by atoms with E-state index in [1.807, 2.05) is 0 Å². The van der Waals surface area contributed by atoms with Crippen LogP contribution in [0.25, 0.3) is 0 Å². The molecule has 0 saturated carbocycles. The molecule has 1 aromatic carbocycles. The van der Waals surface area contributed by atoms with Gasteiger partial charge in [0.25, 0.3) is 0 Å². The van der Waals surface area contributed by atoms with Crippen molar-refractivity contribution in [1.82, 2.24) is 0 Å². The number of aliphatic hydroxyl groups is 1. The number of hydrogen-bond acceptors (Lipinski definition) is 2. The van der Waals surface area contributed by atoms with Crippen molar-refractivity contribution in [2.24, 2.45) is 0 Å². The predicted molar refractivity (Wildman–Crippen MR) is 72.5 cm³/mol. The van der Waals surface area contributed by atoms with Gasteiger partial charge in [0.15, 0.2) is 0 Å². The highest BCUT2D eigenvalue weighted by atomic mass is 79.9. The summed E-state index contributed by atoms with van der Waals surface area (Å²) in [5, 5.41) is 12.0. The Kier molecular flexibility index (Phi) is 4.25. The summed E-state index contributed by atoms with van der Waals surface area (Å²) in [6.45, 7) is 0. The summed E-state index contributed by atoms with van der Waals surface area (Å²) in [6.07, 6.45) is -5.93. The Balaban J connectivity index is 2.54. The molecule has 2 aromatic rings. The minimum atomic E-state index is -4.54. The molecule has 19 heavy (non-hydrogen) atoms. The maximum atomic E-state index is 13.0. The van der Waals surface area contributed by atoms with Crippen molar-refractivity contribution < 1.29 is 18.3 Å². The lowest BCUT2D eigenvalue weighted by atomic mass is 10.0. The molecule has 0 amide bonds. The summed E-state index contributed by atoms with van der Waals surface area (Å²) in [5.41, 5.74) is -1.08. The minimum Gasteiger partial charge on any atom is -0.383 e. The fourth-order valence-electron chi connectivity index (χ4n) is 1.65. The SMILES string of the molecule is OC(c1ccc(Br)cc1C(F)(F)F)c1sccc1Cl. The van der Waals surface area contributed by atoms with Crippen LogP contribution in [0.1, 0.15) is 22.1 Å². The predicted octanol–water partition coefficient (Wildman–Crippen LogP) is 5.26. The van der Waals surface area contributed by atoms with Crippen molar-refractivity contribution in [1.29, 1.82) is 0 Å². The van der Waals surface area contributed by atoms with Gasteiger partial charge in [-0.25, -0.2) is 0 Å². The highest BCUT2D eigenvalue weighted by Crippen LogP contribution is 2.40. The number of hydrogen-bond donors (Lipinski definition) is 1. The normalized spacial score (nSPS) is 13.6. The van der Waals surface area contributed by atoms with E-state index in [1.54, 1.807) is 5.38 Å². The molecule has 1 heterocycles. The molecule has 1 atom stereocenters. The van der Waals surface area contributed by atoms with Crippen molar-refractivity contribution >= 4 is 38.9 Å². The van der Waals surface area contributed by atoms with Crippen LogP contribution in [0.2, 0.25) is 5.02 Å². The summed E-state index contributed by atoms with van der Waals surface area (Å²) < 4.78 is 39.2. The number of halogens is 5. The van der Waals surface area contributed by atoms with Crippen LogP contribution in [0.3, 0.4) is 0 Å². The average Bonchev–Trinajstić information content (AvgIpc) is 2.73. The maximum Gasteiger partial charge on any atom is 0.416 e. The smallest absolute Gasteiger partial charge is 0.383 e. The van der Waals surface area contributed by atoms with Crippen LogP contribution in [-0.4, -0.2) is 5.11 Å². The van der Waals surface area contributed by atoms with Crippen LogP contribution in [0, 0.1) is 0 Å². The highest BCUT2D eigenvalue weighted by molar-refractivity contribution is 9.10. The van der Waals surface area contributed by atoms with E-state index in [0.29, 0.717) is 9.35 Å². The lowest BCUT2D eigenvalue weighted by Crippen LogP contribution is -2.12. The zero-order valence-corrected chi connectivity index (χ0v) is 12.4. The standard InChI is InChI=1S/C12H7BrClF3OS/c13-6-1-2-7(8(5-6)12(15,16)17)10(18)11-9(14)3-4-19-11/h1-5,10,18H. The van der Waals surface area contributed by atoms with E-state index in [1.165, 1.54) is 18.2 Å².